The summed E-state index contributed by atoms with van der Waals surface area (Å²) in [6.45, 7) is -0.146. The molecule has 0 aliphatic heterocycles. The molecule has 0 radical (unpaired) electrons. The Kier molecular flexibility index (Phi) is 5.42. The molecule has 0 saturated heterocycles. The summed E-state index contributed by atoms with van der Waals surface area (Å²) in [5, 5.41) is 0.961. The second-order valence-corrected chi connectivity index (χ2v) is 5.21. The van der Waals surface area contributed by atoms with Crippen LogP contribution >= 0.6 is 27.5 Å². The van der Waals surface area contributed by atoms with Crippen LogP contribution in [0.5, 0.6) is 11.5 Å². The van der Waals surface area contributed by atoms with E-state index in [1.807, 2.05) is 0 Å². The molecule has 21 heavy (non-hydrogen) atoms. The third-order valence-electron chi connectivity index (χ3n) is 2.85. The van der Waals surface area contributed by atoms with E-state index in [1.54, 1.807) is 12.1 Å². The van der Waals surface area contributed by atoms with Gasteiger partial charge in [0, 0.05) is 10.9 Å². The number of benzene rings is 2. The lowest BCUT2D eigenvalue weighted by Gasteiger charge is -2.14. The van der Waals surface area contributed by atoms with E-state index < -0.39 is 11.6 Å². The molecule has 0 N–H and O–H groups in total. The molecule has 6 heteroatoms. The molecule has 2 nitrogen and oxygen atoms in total. The molecule has 0 amide bonds. The number of halogens is 4. The van der Waals surface area contributed by atoms with Gasteiger partial charge in [-0.25, -0.2) is 8.78 Å². The molecular weight excluding hydrogens is 366 g/mol. The molecule has 2 rings (SSSR count). The van der Waals surface area contributed by atoms with E-state index in [0.29, 0.717) is 21.9 Å². The third-order valence-corrected chi connectivity index (χ3v) is 3.78. The van der Waals surface area contributed by atoms with E-state index in [1.165, 1.54) is 19.2 Å². The van der Waals surface area contributed by atoms with Crippen LogP contribution in [0.2, 0.25) is 5.02 Å². The van der Waals surface area contributed by atoms with Crippen molar-refractivity contribution >= 4 is 27.5 Å². The van der Waals surface area contributed by atoms with Gasteiger partial charge in [0.25, 0.3) is 0 Å². The minimum atomic E-state index is -0.926. The summed E-state index contributed by atoms with van der Waals surface area (Å²) in [6.07, 6.45) is 0. The zero-order valence-electron chi connectivity index (χ0n) is 11.1. The molecule has 0 spiro atoms. The predicted molar refractivity (Wildman–Crippen MR) is 81.3 cm³/mol. The normalized spacial score (nSPS) is 10.5. The van der Waals surface area contributed by atoms with Crippen LogP contribution in [0.1, 0.15) is 11.1 Å². The highest BCUT2D eigenvalue weighted by Gasteiger charge is 2.14. The second kappa shape index (κ2) is 7.09. The number of hydrogen-bond donors (Lipinski definition) is 0. The topological polar surface area (TPSA) is 18.5 Å². The van der Waals surface area contributed by atoms with E-state index in [2.05, 4.69) is 15.9 Å². The Morgan fingerprint density at radius 3 is 2.67 bits per heavy atom. The van der Waals surface area contributed by atoms with E-state index in [9.17, 15) is 8.78 Å². The van der Waals surface area contributed by atoms with Crippen molar-refractivity contribution in [2.45, 2.75) is 11.9 Å². The minimum Gasteiger partial charge on any atom is -0.493 e. The summed E-state index contributed by atoms with van der Waals surface area (Å²) in [4.78, 5) is 0. The largest absolute Gasteiger partial charge is 0.493 e. The predicted octanol–water partition coefficient (Wildman–Crippen LogP) is 5.10. The fourth-order valence-corrected chi connectivity index (χ4v) is 2.41. The highest BCUT2D eigenvalue weighted by molar-refractivity contribution is 9.08. The lowest BCUT2D eigenvalue weighted by atomic mass is 10.2. The molecule has 0 atom stereocenters. The molecule has 0 aromatic heterocycles. The highest BCUT2D eigenvalue weighted by Crippen LogP contribution is 2.37. The van der Waals surface area contributed by atoms with E-state index >= 15 is 0 Å². The van der Waals surface area contributed by atoms with Gasteiger partial charge in [0.15, 0.2) is 23.1 Å². The number of hydrogen-bond acceptors (Lipinski definition) is 2. The van der Waals surface area contributed by atoms with Crippen LogP contribution in [0.25, 0.3) is 0 Å². The second-order valence-electron chi connectivity index (χ2n) is 4.24. The van der Waals surface area contributed by atoms with E-state index in [-0.39, 0.29) is 12.2 Å². The maximum Gasteiger partial charge on any atom is 0.180 e. The molecule has 0 heterocycles. The molecule has 0 saturated carbocycles. The van der Waals surface area contributed by atoms with Crippen molar-refractivity contribution in [3.05, 3.63) is 58.1 Å². The van der Waals surface area contributed by atoms with Crippen molar-refractivity contribution in [2.24, 2.45) is 0 Å². The van der Waals surface area contributed by atoms with Gasteiger partial charge in [-0.1, -0.05) is 39.7 Å². The Morgan fingerprint density at radius 2 is 2.00 bits per heavy atom. The molecule has 2 aromatic carbocycles. The molecule has 112 valence electrons. The molecule has 0 unspecified atom stereocenters. The van der Waals surface area contributed by atoms with Crippen molar-refractivity contribution < 1.29 is 18.3 Å². The highest BCUT2D eigenvalue weighted by atomic mass is 79.9. The van der Waals surface area contributed by atoms with Gasteiger partial charge >= 0.3 is 0 Å². The van der Waals surface area contributed by atoms with Crippen molar-refractivity contribution in [3.63, 3.8) is 0 Å². The van der Waals surface area contributed by atoms with Crippen LogP contribution in [0.4, 0.5) is 8.78 Å². The van der Waals surface area contributed by atoms with Crippen LogP contribution in [0, 0.1) is 11.6 Å². The van der Waals surface area contributed by atoms with Gasteiger partial charge in [-0.2, -0.15) is 0 Å². The lowest BCUT2D eigenvalue weighted by Crippen LogP contribution is -2.02. The summed E-state index contributed by atoms with van der Waals surface area (Å²) >= 11 is 9.46. The maximum absolute atomic E-state index is 13.6. The first kappa shape index (κ1) is 16.0. The Hall–Kier alpha value is -1.33. The molecule has 0 bridgehead atoms. The SMILES string of the molecule is COc1cc(CBr)cc(Cl)c1OCc1cccc(F)c1F. The van der Waals surface area contributed by atoms with Crippen molar-refractivity contribution in [3.8, 4) is 11.5 Å². The number of methoxy groups -OCH3 is 1. The average molecular weight is 378 g/mol. The fraction of sp³-hybridized carbons (Fsp3) is 0.200. The minimum absolute atomic E-state index is 0.109. The fourth-order valence-electron chi connectivity index (χ4n) is 1.80. The first-order valence-corrected chi connectivity index (χ1v) is 7.54. The quantitative estimate of drug-likeness (QED) is 0.675. The first-order chi connectivity index (χ1) is 10.1. The summed E-state index contributed by atoms with van der Waals surface area (Å²) in [5.74, 6) is -1.10. The standard InChI is InChI=1S/C15H12BrClF2O2/c1-20-13-6-9(7-16)5-11(17)15(13)21-8-10-3-2-4-12(18)14(10)19/h2-6H,7-8H2,1H3. The van der Waals surface area contributed by atoms with Gasteiger partial charge in [-0.15, -0.1) is 0 Å². The Morgan fingerprint density at radius 1 is 1.24 bits per heavy atom. The number of alkyl halides is 1. The van der Waals surface area contributed by atoms with E-state index in [4.69, 9.17) is 21.1 Å². The van der Waals surface area contributed by atoms with Crippen LogP contribution in [0.15, 0.2) is 30.3 Å². The molecular formula is C15H12BrClF2O2. The average Bonchev–Trinajstić information content (AvgIpc) is 2.49. The van der Waals surface area contributed by atoms with Crippen molar-refractivity contribution in [2.75, 3.05) is 7.11 Å². The smallest absolute Gasteiger partial charge is 0.180 e. The van der Waals surface area contributed by atoms with Crippen LogP contribution in [-0.4, -0.2) is 7.11 Å². The first-order valence-electron chi connectivity index (χ1n) is 6.05. The van der Waals surface area contributed by atoms with Gasteiger partial charge in [0.1, 0.15) is 6.61 Å². The van der Waals surface area contributed by atoms with E-state index in [0.717, 1.165) is 11.6 Å². The Bertz CT molecular complexity index is 650. The Labute approximate surface area is 134 Å². The summed E-state index contributed by atoms with van der Waals surface area (Å²) in [5.41, 5.74) is 1.03. The molecule has 2 aromatic rings. The van der Waals surface area contributed by atoms with Crippen molar-refractivity contribution in [1.29, 1.82) is 0 Å². The van der Waals surface area contributed by atoms with Gasteiger partial charge in [0.05, 0.1) is 12.1 Å². The van der Waals surface area contributed by atoms with Gasteiger partial charge in [-0.3, -0.25) is 0 Å². The maximum atomic E-state index is 13.6. The van der Waals surface area contributed by atoms with Gasteiger partial charge < -0.3 is 9.47 Å². The molecule has 0 fully saturated rings. The lowest BCUT2D eigenvalue weighted by molar-refractivity contribution is 0.278. The van der Waals surface area contributed by atoms with Crippen molar-refractivity contribution in [1.82, 2.24) is 0 Å². The van der Waals surface area contributed by atoms with Gasteiger partial charge in [-0.05, 0) is 23.8 Å². The van der Waals surface area contributed by atoms with Crippen LogP contribution < -0.4 is 9.47 Å². The summed E-state index contributed by atoms with van der Waals surface area (Å²) in [6, 6.07) is 7.40. The molecule has 0 aliphatic carbocycles. The van der Waals surface area contributed by atoms with Crippen LogP contribution in [0.3, 0.4) is 0 Å². The van der Waals surface area contributed by atoms with Crippen LogP contribution in [-0.2, 0) is 11.9 Å². The zero-order chi connectivity index (χ0) is 15.4. The number of rotatable bonds is 5. The third kappa shape index (κ3) is 3.66. The number of ether oxygens (including phenoxy) is 2. The Balaban J connectivity index is 2.25. The molecule has 0 aliphatic rings. The summed E-state index contributed by atoms with van der Waals surface area (Å²) < 4.78 is 37.4. The monoisotopic (exact) mass is 376 g/mol. The van der Waals surface area contributed by atoms with Gasteiger partial charge in [0.2, 0.25) is 0 Å². The summed E-state index contributed by atoms with van der Waals surface area (Å²) in [7, 11) is 1.49. The zero-order valence-corrected chi connectivity index (χ0v) is 13.5.